The fourth-order valence-electron chi connectivity index (χ4n) is 4.37. The molecule has 5 heteroatoms. The van der Waals surface area contributed by atoms with E-state index < -0.39 is 11.0 Å². The van der Waals surface area contributed by atoms with Crippen molar-refractivity contribution in [2.24, 2.45) is 0 Å². The van der Waals surface area contributed by atoms with Crippen LogP contribution in [0.15, 0.2) is 91.0 Å². The molecule has 0 aromatic heterocycles. The van der Waals surface area contributed by atoms with Crippen molar-refractivity contribution in [2.45, 2.75) is 69.4 Å². The maximum Gasteiger partial charge on any atom is 0.139 e. The number of hydrogen-bond donors (Lipinski definition) is 1. The molecule has 3 aromatic rings. The quantitative estimate of drug-likeness (QED) is 0.352. The zero-order valence-corrected chi connectivity index (χ0v) is 20.8. The highest BCUT2D eigenvalue weighted by atomic mass is 32.1. The molecule has 1 aliphatic rings. The van der Waals surface area contributed by atoms with Crippen LogP contribution < -0.4 is 0 Å². The summed E-state index contributed by atoms with van der Waals surface area (Å²) >= 11 is 4.99. The van der Waals surface area contributed by atoms with Gasteiger partial charge in [-0.15, -0.1) is 12.6 Å². The molecule has 1 aliphatic heterocycles. The van der Waals surface area contributed by atoms with E-state index in [0.717, 1.165) is 16.7 Å². The summed E-state index contributed by atoms with van der Waals surface area (Å²) in [5.74, 6) is 0. The summed E-state index contributed by atoms with van der Waals surface area (Å²) in [6.07, 6.45) is -0.609. The molecule has 1 fully saturated rings. The van der Waals surface area contributed by atoms with Gasteiger partial charge in [-0.1, -0.05) is 97.9 Å². The molecule has 0 bridgehead atoms. The first-order chi connectivity index (χ1) is 16.6. The molecule has 4 nitrogen and oxygen atoms in total. The number of rotatable bonds is 10. The molecule has 0 aliphatic carbocycles. The molecular formula is C29H34O4S. The highest BCUT2D eigenvalue weighted by molar-refractivity contribution is 7.81. The highest BCUT2D eigenvalue weighted by Crippen LogP contribution is 2.40. The molecule has 0 radical (unpaired) electrons. The van der Waals surface area contributed by atoms with Crippen LogP contribution in [0, 0.1) is 0 Å². The predicted molar refractivity (Wildman–Crippen MR) is 138 cm³/mol. The van der Waals surface area contributed by atoms with Gasteiger partial charge in [0.2, 0.25) is 0 Å². The van der Waals surface area contributed by atoms with Crippen LogP contribution >= 0.6 is 12.6 Å². The van der Waals surface area contributed by atoms with E-state index in [2.05, 4.69) is 43.3 Å². The molecule has 0 spiro atoms. The van der Waals surface area contributed by atoms with Crippen LogP contribution in [0.1, 0.15) is 37.0 Å². The van der Waals surface area contributed by atoms with Gasteiger partial charge in [0.25, 0.3) is 0 Å². The normalized spacial score (nSPS) is 26.9. The Kier molecular flexibility index (Phi) is 8.81. The second kappa shape index (κ2) is 12.0. The summed E-state index contributed by atoms with van der Waals surface area (Å²) in [6, 6.07) is 30.5. The molecule has 0 amide bonds. The van der Waals surface area contributed by atoms with Crippen molar-refractivity contribution in [3.63, 3.8) is 0 Å². The lowest BCUT2D eigenvalue weighted by Crippen LogP contribution is -2.63. The summed E-state index contributed by atoms with van der Waals surface area (Å²) in [5.41, 5.74) is 3.31. The molecule has 4 rings (SSSR count). The minimum absolute atomic E-state index is 0.210. The second-order valence-corrected chi connectivity index (χ2v) is 9.52. The van der Waals surface area contributed by atoms with Gasteiger partial charge in [-0.05, 0) is 30.0 Å². The van der Waals surface area contributed by atoms with Gasteiger partial charge in [-0.2, -0.15) is 0 Å². The maximum absolute atomic E-state index is 6.56. The van der Waals surface area contributed by atoms with Gasteiger partial charge in [0.15, 0.2) is 0 Å². The summed E-state index contributed by atoms with van der Waals surface area (Å²) in [4.78, 5) is -0.790. The lowest BCUT2D eigenvalue weighted by Gasteiger charge is -2.50. The molecule has 180 valence electrons. The topological polar surface area (TPSA) is 36.9 Å². The van der Waals surface area contributed by atoms with Crippen LogP contribution in [0.4, 0.5) is 0 Å². The maximum atomic E-state index is 6.56. The summed E-state index contributed by atoms with van der Waals surface area (Å²) in [6.45, 7) is 5.48. The Hall–Kier alpha value is -2.15. The van der Waals surface area contributed by atoms with Gasteiger partial charge >= 0.3 is 0 Å². The molecule has 1 heterocycles. The molecule has 0 saturated carbocycles. The van der Waals surface area contributed by atoms with Crippen LogP contribution in [-0.2, 0) is 38.8 Å². The third-order valence-corrected chi connectivity index (χ3v) is 6.95. The van der Waals surface area contributed by atoms with Crippen molar-refractivity contribution in [3.8, 4) is 0 Å². The minimum atomic E-state index is -0.790. The van der Waals surface area contributed by atoms with Gasteiger partial charge in [-0.25, -0.2) is 0 Å². The molecule has 3 aromatic carbocycles. The summed E-state index contributed by atoms with van der Waals surface area (Å²) in [7, 11) is 0. The van der Waals surface area contributed by atoms with Crippen LogP contribution in [0.3, 0.4) is 0 Å². The molecule has 1 saturated heterocycles. The lowest BCUT2D eigenvalue weighted by molar-refractivity contribution is -0.271. The number of benzene rings is 3. The van der Waals surface area contributed by atoms with E-state index in [0.29, 0.717) is 26.2 Å². The third-order valence-electron chi connectivity index (χ3n) is 6.27. The highest BCUT2D eigenvalue weighted by Gasteiger charge is 2.53. The average molecular weight is 479 g/mol. The van der Waals surface area contributed by atoms with Gasteiger partial charge in [0.05, 0.1) is 25.9 Å². The van der Waals surface area contributed by atoms with Crippen molar-refractivity contribution in [1.82, 2.24) is 0 Å². The van der Waals surface area contributed by atoms with E-state index in [1.807, 2.05) is 61.5 Å². The molecule has 34 heavy (non-hydrogen) atoms. The van der Waals surface area contributed by atoms with Crippen molar-refractivity contribution >= 4 is 12.6 Å². The Bertz CT molecular complexity index is 985. The van der Waals surface area contributed by atoms with Crippen LogP contribution in [-0.4, -0.2) is 29.3 Å². The van der Waals surface area contributed by atoms with Crippen molar-refractivity contribution in [3.05, 3.63) is 108 Å². The van der Waals surface area contributed by atoms with E-state index in [4.69, 9.17) is 31.6 Å². The standard InChI is InChI=1S/C29H34O4S/c1-3-29(34)28(32-21-25-17-11-6-12-18-25)27(31-20-24-15-9-5-10-16-24)26(22(2)33-29)30-19-23-13-7-4-8-14-23/h4-18,22,26-28,34H,3,19-21H2,1-2H3/t22-,26+,27+,28-,29?/m0/s1. The Morgan fingerprint density at radius 2 is 1.09 bits per heavy atom. The Balaban J connectivity index is 1.58. The zero-order valence-electron chi connectivity index (χ0n) is 19.9. The zero-order chi connectivity index (χ0) is 23.8. The van der Waals surface area contributed by atoms with Crippen molar-refractivity contribution in [2.75, 3.05) is 0 Å². The second-order valence-electron chi connectivity index (χ2n) is 8.76. The van der Waals surface area contributed by atoms with E-state index in [-0.39, 0.29) is 18.3 Å². The smallest absolute Gasteiger partial charge is 0.139 e. The first kappa shape index (κ1) is 25.0. The summed E-state index contributed by atoms with van der Waals surface area (Å²) in [5, 5.41) is 0. The fraction of sp³-hybridized carbons (Fsp3) is 0.379. The minimum Gasteiger partial charge on any atom is -0.368 e. The number of hydrogen-bond acceptors (Lipinski definition) is 5. The fourth-order valence-corrected chi connectivity index (χ4v) is 4.76. The Morgan fingerprint density at radius 3 is 1.53 bits per heavy atom. The Labute approximate surface area is 208 Å². The Morgan fingerprint density at radius 1 is 0.676 bits per heavy atom. The predicted octanol–water partition coefficient (Wildman–Crippen LogP) is 6.20. The van der Waals surface area contributed by atoms with E-state index in [9.17, 15) is 0 Å². The average Bonchev–Trinajstić information content (AvgIpc) is 2.88. The van der Waals surface area contributed by atoms with Gasteiger partial charge in [-0.3, -0.25) is 0 Å². The van der Waals surface area contributed by atoms with Gasteiger partial charge in [0.1, 0.15) is 23.2 Å². The van der Waals surface area contributed by atoms with Crippen molar-refractivity contribution in [1.29, 1.82) is 0 Å². The van der Waals surface area contributed by atoms with Crippen LogP contribution in [0.5, 0.6) is 0 Å². The first-order valence-corrected chi connectivity index (χ1v) is 12.4. The van der Waals surface area contributed by atoms with Gasteiger partial charge < -0.3 is 18.9 Å². The molecular weight excluding hydrogens is 444 g/mol. The molecule has 5 atom stereocenters. The molecule has 0 N–H and O–H groups in total. The monoisotopic (exact) mass is 478 g/mol. The van der Waals surface area contributed by atoms with E-state index >= 15 is 0 Å². The summed E-state index contributed by atoms with van der Waals surface area (Å²) < 4.78 is 25.9. The van der Waals surface area contributed by atoms with E-state index in [1.54, 1.807) is 0 Å². The largest absolute Gasteiger partial charge is 0.368 e. The third kappa shape index (κ3) is 6.29. The van der Waals surface area contributed by atoms with Crippen molar-refractivity contribution < 1.29 is 18.9 Å². The lowest BCUT2D eigenvalue weighted by atomic mass is 9.92. The first-order valence-electron chi connectivity index (χ1n) is 12.0. The number of thiol groups is 1. The van der Waals surface area contributed by atoms with Gasteiger partial charge in [0, 0.05) is 0 Å². The SMILES string of the molecule is CCC1(S)O[C@@H](C)[C@@H](OCc2ccccc2)[C@@H](OCc2ccccc2)[C@@H]1OCc1ccccc1. The van der Waals surface area contributed by atoms with Crippen LogP contribution in [0.2, 0.25) is 0 Å². The number of ether oxygens (including phenoxy) is 4. The van der Waals surface area contributed by atoms with Crippen LogP contribution in [0.25, 0.3) is 0 Å². The van der Waals surface area contributed by atoms with E-state index in [1.165, 1.54) is 0 Å². The molecule has 1 unspecified atom stereocenters.